The monoisotopic (exact) mass is 227 g/mol. The van der Waals surface area contributed by atoms with Crippen molar-refractivity contribution in [3.8, 4) is 0 Å². The molecule has 1 unspecified atom stereocenters. The van der Waals surface area contributed by atoms with Gasteiger partial charge in [-0.25, -0.2) is 4.98 Å². The van der Waals surface area contributed by atoms with Crippen molar-refractivity contribution in [2.24, 2.45) is 0 Å². The third-order valence-corrected chi connectivity index (χ3v) is 3.76. The van der Waals surface area contributed by atoms with Gasteiger partial charge in [-0.05, 0) is 26.2 Å². The minimum atomic E-state index is -0.596. The maximum Gasteiger partial charge on any atom is 0.0956 e. The van der Waals surface area contributed by atoms with Gasteiger partial charge < -0.3 is 9.84 Å². The van der Waals surface area contributed by atoms with Gasteiger partial charge in [0.15, 0.2) is 0 Å². The number of hydrogen-bond donors (Lipinski definition) is 1. The van der Waals surface area contributed by atoms with Crippen LogP contribution in [0.2, 0.25) is 0 Å². The van der Waals surface area contributed by atoms with Crippen LogP contribution in [0.1, 0.15) is 30.0 Å². The Labute approximate surface area is 94.1 Å². The Kier molecular flexibility index (Phi) is 3.38. The van der Waals surface area contributed by atoms with E-state index in [4.69, 9.17) is 4.74 Å². The highest BCUT2D eigenvalue weighted by Gasteiger charge is 2.29. The van der Waals surface area contributed by atoms with Crippen LogP contribution in [0.3, 0.4) is 0 Å². The molecule has 0 spiro atoms. The van der Waals surface area contributed by atoms with Crippen molar-refractivity contribution >= 4 is 11.3 Å². The molecule has 1 aliphatic rings. The Morgan fingerprint density at radius 3 is 3.13 bits per heavy atom. The third kappa shape index (κ3) is 3.00. The Morgan fingerprint density at radius 1 is 1.53 bits per heavy atom. The van der Waals surface area contributed by atoms with Crippen LogP contribution in [-0.4, -0.2) is 28.9 Å². The summed E-state index contributed by atoms with van der Waals surface area (Å²) in [4.78, 5) is 4.40. The molecule has 1 aromatic rings. The maximum absolute atomic E-state index is 10.4. The fraction of sp³-hybridized carbons (Fsp3) is 0.727. The first kappa shape index (κ1) is 11.0. The molecule has 84 valence electrons. The zero-order valence-corrected chi connectivity index (χ0v) is 9.85. The van der Waals surface area contributed by atoms with E-state index in [1.165, 1.54) is 0 Å². The van der Waals surface area contributed by atoms with E-state index in [1.807, 2.05) is 12.3 Å². The zero-order chi connectivity index (χ0) is 10.7. The summed E-state index contributed by atoms with van der Waals surface area (Å²) in [5.41, 5.74) is 0.448. The van der Waals surface area contributed by atoms with Gasteiger partial charge in [-0.2, -0.15) is 0 Å². The highest BCUT2D eigenvalue weighted by molar-refractivity contribution is 7.09. The highest BCUT2D eigenvalue weighted by atomic mass is 32.1. The van der Waals surface area contributed by atoms with E-state index < -0.39 is 5.60 Å². The molecule has 1 aliphatic heterocycles. The smallest absolute Gasteiger partial charge is 0.0956 e. The molecule has 2 heterocycles. The topological polar surface area (TPSA) is 42.4 Å². The number of thiazole rings is 1. The number of aromatic nitrogens is 1. The van der Waals surface area contributed by atoms with Gasteiger partial charge in [-0.1, -0.05) is 0 Å². The lowest BCUT2D eigenvalue weighted by Crippen LogP contribution is -2.31. The van der Waals surface area contributed by atoms with E-state index in [2.05, 4.69) is 4.98 Å². The van der Waals surface area contributed by atoms with Crippen LogP contribution in [0.15, 0.2) is 5.38 Å². The number of nitrogens with zero attached hydrogens (tertiary/aromatic N) is 1. The molecule has 1 atom stereocenters. The van der Waals surface area contributed by atoms with Gasteiger partial charge in [0.1, 0.15) is 0 Å². The minimum absolute atomic E-state index is 0.596. The largest absolute Gasteiger partial charge is 0.389 e. The number of ether oxygens (including phenoxy) is 1. The fourth-order valence-corrected chi connectivity index (χ4v) is 2.84. The van der Waals surface area contributed by atoms with E-state index >= 15 is 0 Å². The second kappa shape index (κ2) is 4.60. The van der Waals surface area contributed by atoms with E-state index in [-0.39, 0.29) is 0 Å². The van der Waals surface area contributed by atoms with Gasteiger partial charge in [0.25, 0.3) is 0 Å². The summed E-state index contributed by atoms with van der Waals surface area (Å²) in [6, 6.07) is 0. The van der Waals surface area contributed by atoms with Crippen LogP contribution < -0.4 is 0 Å². The summed E-state index contributed by atoms with van der Waals surface area (Å²) in [7, 11) is 0. The summed E-state index contributed by atoms with van der Waals surface area (Å²) in [5.74, 6) is 0. The van der Waals surface area contributed by atoms with Crippen molar-refractivity contribution in [1.82, 2.24) is 4.98 Å². The normalized spacial score (nSPS) is 27.6. The predicted molar refractivity (Wildman–Crippen MR) is 60.2 cm³/mol. The van der Waals surface area contributed by atoms with Crippen LogP contribution in [0.4, 0.5) is 0 Å². The number of rotatable bonds is 2. The van der Waals surface area contributed by atoms with Crippen LogP contribution in [0.5, 0.6) is 0 Å². The molecule has 15 heavy (non-hydrogen) atoms. The quantitative estimate of drug-likeness (QED) is 0.839. The maximum atomic E-state index is 10.4. The van der Waals surface area contributed by atoms with Crippen molar-refractivity contribution in [3.63, 3.8) is 0 Å². The third-order valence-electron chi connectivity index (χ3n) is 2.79. The molecule has 0 saturated carbocycles. The highest BCUT2D eigenvalue weighted by Crippen LogP contribution is 2.26. The lowest BCUT2D eigenvalue weighted by atomic mass is 9.91. The lowest BCUT2D eigenvalue weighted by Gasteiger charge is -2.24. The first-order valence-corrected chi connectivity index (χ1v) is 6.27. The van der Waals surface area contributed by atoms with Crippen LogP contribution in [0, 0.1) is 6.92 Å². The number of hydrogen-bond acceptors (Lipinski definition) is 4. The molecule has 1 saturated heterocycles. The summed E-state index contributed by atoms with van der Waals surface area (Å²) >= 11 is 1.64. The predicted octanol–water partition coefficient (Wildman–Crippen LogP) is 1.93. The summed E-state index contributed by atoms with van der Waals surface area (Å²) in [5, 5.41) is 13.5. The fourth-order valence-electron chi connectivity index (χ4n) is 1.93. The molecular weight excluding hydrogens is 210 g/mol. The van der Waals surface area contributed by atoms with E-state index in [0.29, 0.717) is 13.0 Å². The molecule has 4 heteroatoms. The number of aryl methyl sites for hydroxylation is 1. The molecular formula is C11H17NO2S. The Bertz CT molecular complexity index is 316. The van der Waals surface area contributed by atoms with Crippen LogP contribution in [0.25, 0.3) is 0 Å². The van der Waals surface area contributed by atoms with Gasteiger partial charge >= 0.3 is 0 Å². The van der Waals surface area contributed by atoms with Gasteiger partial charge in [0.05, 0.1) is 10.6 Å². The molecule has 2 rings (SSSR count). The Balaban J connectivity index is 2.02. The first-order chi connectivity index (χ1) is 7.18. The van der Waals surface area contributed by atoms with E-state index in [9.17, 15) is 5.11 Å². The van der Waals surface area contributed by atoms with Crippen molar-refractivity contribution in [2.45, 2.75) is 38.2 Å². The van der Waals surface area contributed by atoms with Gasteiger partial charge in [0, 0.05) is 30.7 Å². The van der Waals surface area contributed by atoms with Crippen molar-refractivity contribution in [3.05, 3.63) is 16.1 Å². The first-order valence-electron chi connectivity index (χ1n) is 5.39. The summed E-state index contributed by atoms with van der Waals surface area (Å²) in [6.07, 6.45) is 3.17. The van der Waals surface area contributed by atoms with Gasteiger partial charge in [-0.3, -0.25) is 0 Å². The van der Waals surface area contributed by atoms with Crippen LogP contribution in [-0.2, 0) is 11.2 Å². The molecule has 3 nitrogen and oxygen atoms in total. The minimum Gasteiger partial charge on any atom is -0.389 e. The van der Waals surface area contributed by atoms with Gasteiger partial charge in [-0.15, -0.1) is 11.3 Å². The van der Waals surface area contributed by atoms with E-state index in [0.717, 1.165) is 36.6 Å². The Hall–Kier alpha value is -0.450. The molecule has 0 bridgehead atoms. The second-order valence-corrected chi connectivity index (χ2v) is 5.19. The van der Waals surface area contributed by atoms with E-state index in [1.54, 1.807) is 11.3 Å². The average molecular weight is 227 g/mol. The summed E-state index contributed by atoms with van der Waals surface area (Å²) < 4.78 is 5.36. The zero-order valence-electron chi connectivity index (χ0n) is 9.03. The molecule has 1 N–H and O–H groups in total. The standard InChI is InChI=1S/C11H17NO2S/c1-9-8-15-10(12-9)7-11(13)3-2-5-14-6-4-11/h8,13H,2-7H2,1H3. The second-order valence-electron chi connectivity index (χ2n) is 4.25. The molecule has 1 fully saturated rings. The molecule has 0 aromatic carbocycles. The Morgan fingerprint density at radius 2 is 2.40 bits per heavy atom. The van der Waals surface area contributed by atoms with Crippen LogP contribution >= 0.6 is 11.3 Å². The summed E-state index contributed by atoms with van der Waals surface area (Å²) in [6.45, 7) is 3.43. The number of aliphatic hydroxyl groups is 1. The van der Waals surface area contributed by atoms with Crippen molar-refractivity contribution in [2.75, 3.05) is 13.2 Å². The molecule has 1 aromatic heterocycles. The SMILES string of the molecule is Cc1csc(CC2(O)CCCOCC2)n1. The van der Waals surface area contributed by atoms with Crippen molar-refractivity contribution in [1.29, 1.82) is 0 Å². The lowest BCUT2D eigenvalue weighted by molar-refractivity contribution is 0.0188. The average Bonchev–Trinajstić information content (AvgIpc) is 2.46. The van der Waals surface area contributed by atoms with Gasteiger partial charge in [0.2, 0.25) is 0 Å². The van der Waals surface area contributed by atoms with Crippen molar-refractivity contribution < 1.29 is 9.84 Å². The molecule has 0 radical (unpaired) electrons. The molecule has 0 aliphatic carbocycles. The molecule has 0 amide bonds.